The SMILES string of the molecule is Cn1cnnc1CCNC(=O)[C@H](N)Cc1ccccc1. The number of nitrogens with two attached hydrogens (primary N) is 1. The van der Waals surface area contributed by atoms with Crippen LogP contribution in [0, 0.1) is 0 Å². The Bertz CT molecular complexity index is 552. The van der Waals surface area contributed by atoms with E-state index in [4.69, 9.17) is 5.73 Å². The predicted octanol–water partition coefficient (Wildman–Crippen LogP) is 0.0438. The van der Waals surface area contributed by atoms with Crippen LogP contribution in [0.4, 0.5) is 0 Å². The van der Waals surface area contributed by atoms with Gasteiger partial charge in [-0.1, -0.05) is 30.3 Å². The molecular weight excluding hydrogens is 254 g/mol. The van der Waals surface area contributed by atoms with Gasteiger partial charge in [-0.3, -0.25) is 4.79 Å². The minimum Gasteiger partial charge on any atom is -0.354 e. The summed E-state index contributed by atoms with van der Waals surface area (Å²) in [6.45, 7) is 0.508. The molecule has 2 aromatic rings. The van der Waals surface area contributed by atoms with Crippen molar-refractivity contribution in [1.82, 2.24) is 20.1 Å². The molecule has 0 unspecified atom stereocenters. The van der Waals surface area contributed by atoms with Crippen molar-refractivity contribution >= 4 is 5.91 Å². The van der Waals surface area contributed by atoms with E-state index in [0.29, 0.717) is 19.4 Å². The van der Waals surface area contributed by atoms with Crippen molar-refractivity contribution < 1.29 is 4.79 Å². The molecule has 1 atom stereocenters. The fourth-order valence-corrected chi connectivity index (χ4v) is 1.92. The summed E-state index contributed by atoms with van der Waals surface area (Å²) in [6.07, 6.45) is 2.81. The number of nitrogens with zero attached hydrogens (tertiary/aromatic N) is 3. The van der Waals surface area contributed by atoms with E-state index >= 15 is 0 Å². The first-order valence-electron chi connectivity index (χ1n) is 6.57. The molecule has 6 nitrogen and oxygen atoms in total. The van der Waals surface area contributed by atoms with E-state index in [0.717, 1.165) is 11.4 Å². The van der Waals surface area contributed by atoms with Gasteiger partial charge in [0.1, 0.15) is 12.2 Å². The second-order valence-electron chi connectivity index (χ2n) is 4.70. The average molecular weight is 273 g/mol. The molecule has 0 spiro atoms. The lowest BCUT2D eigenvalue weighted by molar-refractivity contribution is -0.122. The number of hydrogen-bond acceptors (Lipinski definition) is 4. The van der Waals surface area contributed by atoms with Crippen LogP contribution in [0.3, 0.4) is 0 Å². The molecule has 0 radical (unpaired) electrons. The molecule has 1 amide bonds. The number of hydrogen-bond donors (Lipinski definition) is 2. The van der Waals surface area contributed by atoms with E-state index < -0.39 is 6.04 Å². The zero-order chi connectivity index (χ0) is 14.4. The summed E-state index contributed by atoms with van der Waals surface area (Å²) in [5.74, 6) is 0.693. The highest BCUT2D eigenvalue weighted by Crippen LogP contribution is 2.01. The zero-order valence-corrected chi connectivity index (χ0v) is 11.5. The Morgan fingerprint density at radius 2 is 2.15 bits per heavy atom. The van der Waals surface area contributed by atoms with Gasteiger partial charge < -0.3 is 15.6 Å². The van der Waals surface area contributed by atoms with Gasteiger partial charge in [-0.25, -0.2) is 0 Å². The number of nitrogens with one attached hydrogen (secondary N) is 1. The third-order valence-corrected chi connectivity index (χ3v) is 3.09. The summed E-state index contributed by atoms with van der Waals surface area (Å²) < 4.78 is 1.83. The van der Waals surface area contributed by atoms with E-state index in [2.05, 4.69) is 15.5 Å². The van der Waals surface area contributed by atoms with Crippen LogP contribution < -0.4 is 11.1 Å². The molecular formula is C14H19N5O. The summed E-state index contributed by atoms with van der Waals surface area (Å²) >= 11 is 0. The smallest absolute Gasteiger partial charge is 0.237 e. The first kappa shape index (κ1) is 14.2. The molecule has 0 aliphatic carbocycles. The lowest BCUT2D eigenvalue weighted by Gasteiger charge is -2.12. The van der Waals surface area contributed by atoms with Crippen LogP contribution in [-0.2, 0) is 24.7 Å². The normalized spacial score (nSPS) is 12.1. The number of carbonyl (C=O) groups is 1. The van der Waals surface area contributed by atoms with Crippen LogP contribution >= 0.6 is 0 Å². The first-order valence-corrected chi connectivity index (χ1v) is 6.57. The molecule has 20 heavy (non-hydrogen) atoms. The van der Waals surface area contributed by atoms with E-state index in [1.807, 2.05) is 41.9 Å². The third-order valence-electron chi connectivity index (χ3n) is 3.09. The Kier molecular flexibility index (Phi) is 4.84. The maximum atomic E-state index is 11.9. The molecule has 0 fully saturated rings. The number of aromatic nitrogens is 3. The van der Waals surface area contributed by atoms with Gasteiger partial charge in [0.15, 0.2) is 0 Å². The number of benzene rings is 1. The highest BCUT2D eigenvalue weighted by molar-refractivity contribution is 5.81. The summed E-state index contributed by atoms with van der Waals surface area (Å²) in [6, 6.07) is 9.22. The van der Waals surface area contributed by atoms with Crippen molar-refractivity contribution in [2.24, 2.45) is 12.8 Å². The molecule has 0 bridgehead atoms. The van der Waals surface area contributed by atoms with Gasteiger partial charge in [0.25, 0.3) is 0 Å². The highest BCUT2D eigenvalue weighted by Gasteiger charge is 2.13. The number of amides is 1. The standard InChI is InChI=1S/C14H19N5O/c1-19-10-17-18-13(19)7-8-16-14(20)12(15)9-11-5-3-2-4-6-11/h2-6,10,12H,7-9,15H2,1H3,(H,16,20)/t12-/m1/s1. The topological polar surface area (TPSA) is 85.8 Å². The summed E-state index contributed by atoms with van der Waals surface area (Å²) in [5.41, 5.74) is 6.95. The molecule has 1 aromatic carbocycles. The van der Waals surface area contributed by atoms with Crippen LogP contribution in [0.25, 0.3) is 0 Å². The number of aryl methyl sites for hydroxylation is 1. The van der Waals surface area contributed by atoms with Crippen molar-refractivity contribution in [1.29, 1.82) is 0 Å². The lowest BCUT2D eigenvalue weighted by Crippen LogP contribution is -2.42. The van der Waals surface area contributed by atoms with Gasteiger partial charge in [-0.2, -0.15) is 0 Å². The molecule has 1 aromatic heterocycles. The monoisotopic (exact) mass is 273 g/mol. The van der Waals surface area contributed by atoms with E-state index in [9.17, 15) is 4.79 Å². The molecule has 6 heteroatoms. The Labute approximate surface area is 118 Å². The van der Waals surface area contributed by atoms with Crippen molar-refractivity contribution in [2.75, 3.05) is 6.54 Å². The Morgan fingerprint density at radius 3 is 2.80 bits per heavy atom. The molecule has 106 valence electrons. The molecule has 0 aliphatic heterocycles. The maximum Gasteiger partial charge on any atom is 0.237 e. The fraction of sp³-hybridized carbons (Fsp3) is 0.357. The second kappa shape index (κ2) is 6.81. The minimum atomic E-state index is -0.531. The first-order chi connectivity index (χ1) is 9.66. The van der Waals surface area contributed by atoms with E-state index in [1.165, 1.54) is 0 Å². The van der Waals surface area contributed by atoms with Crippen LogP contribution in [0.1, 0.15) is 11.4 Å². The van der Waals surface area contributed by atoms with Gasteiger partial charge in [-0.15, -0.1) is 10.2 Å². The number of carbonyl (C=O) groups excluding carboxylic acids is 1. The summed E-state index contributed by atoms with van der Waals surface area (Å²) in [4.78, 5) is 11.9. The van der Waals surface area contributed by atoms with Crippen molar-refractivity contribution in [2.45, 2.75) is 18.9 Å². The highest BCUT2D eigenvalue weighted by atomic mass is 16.2. The van der Waals surface area contributed by atoms with Gasteiger partial charge in [0.2, 0.25) is 5.91 Å². The molecule has 0 saturated heterocycles. The molecule has 1 heterocycles. The largest absolute Gasteiger partial charge is 0.354 e. The quantitative estimate of drug-likeness (QED) is 0.778. The molecule has 2 rings (SSSR count). The molecule has 0 aliphatic rings. The summed E-state index contributed by atoms with van der Waals surface area (Å²) in [7, 11) is 1.87. The van der Waals surface area contributed by atoms with Gasteiger partial charge in [-0.05, 0) is 12.0 Å². The Balaban J connectivity index is 1.76. The zero-order valence-electron chi connectivity index (χ0n) is 11.5. The second-order valence-corrected chi connectivity index (χ2v) is 4.70. The minimum absolute atomic E-state index is 0.143. The fourth-order valence-electron chi connectivity index (χ4n) is 1.92. The number of rotatable bonds is 6. The maximum absolute atomic E-state index is 11.9. The van der Waals surface area contributed by atoms with Crippen molar-refractivity contribution in [3.05, 3.63) is 48.0 Å². The molecule has 3 N–H and O–H groups in total. The third kappa shape index (κ3) is 3.89. The van der Waals surface area contributed by atoms with E-state index in [1.54, 1.807) is 6.33 Å². The van der Waals surface area contributed by atoms with Crippen LogP contribution in [0.5, 0.6) is 0 Å². The van der Waals surface area contributed by atoms with Crippen LogP contribution in [-0.4, -0.2) is 33.3 Å². The lowest BCUT2D eigenvalue weighted by atomic mass is 10.1. The Hall–Kier alpha value is -2.21. The van der Waals surface area contributed by atoms with Crippen LogP contribution in [0.15, 0.2) is 36.7 Å². The Morgan fingerprint density at radius 1 is 1.40 bits per heavy atom. The average Bonchev–Trinajstić information content (AvgIpc) is 2.85. The van der Waals surface area contributed by atoms with Gasteiger partial charge >= 0.3 is 0 Å². The van der Waals surface area contributed by atoms with E-state index in [-0.39, 0.29) is 5.91 Å². The van der Waals surface area contributed by atoms with Crippen LogP contribution in [0.2, 0.25) is 0 Å². The van der Waals surface area contributed by atoms with Gasteiger partial charge in [0.05, 0.1) is 6.04 Å². The van der Waals surface area contributed by atoms with Crippen molar-refractivity contribution in [3.8, 4) is 0 Å². The molecule has 0 saturated carbocycles. The van der Waals surface area contributed by atoms with Crippen molar-refractivity contribution in [3.63, 3.8) is 0 Å². The summed E-state index contributed by atoms with van der Waals surface area (Å²) in [5, 5.41) is 10.6. The van der Waals surface area contributed by atoms with Gasteiger partial charge in [0, 0.05) is 20.0 Å². The predicted molar refractivity (Wildman–Crippen MR) is 75.8 cm³/mol.